The highest BCUT2D eigenvalue weighted by atomic mass is 16.5. The van der Waals surface area contributed by atoms with Crippen molar-refractivity contribution < 1.29 is 14.3 Å². The smallest absolute Gasteiger partial charge is 0.258 e. The lowest BCUT2D eigenvalue weighted by molar-refractivity contribution is -0.124. The van der Waals surface area contributed by atoms with Crippen molar-refractivity contribution in [3.8, 4) is 5.75 Å². The average Bonchev–Trinajstić information content (AvgIpc) is 2.74. The van der Waals surface area contributed by atoms with Gasteiger partial charge in [0.05, 0.1) is 0 Å². The molecule has 2 aromatic carbocycles. The van der Waals surface area contributed by atoms with Crippen molar-refractivity contribution in [1.82, 2.24) is 10.2 Å². The molecule has 0 atom stereocenters. The van der Waals surface area contributed by atoms with Crippen LogP contribution < -0.4 is 10.1 Å². The summed E-state index contributed by atoms with van der Waals surface area (Å²) in [7, 11) is 0. The van der Waals surface area contributed by atoms with Crippen molar-refractivity contribution in [3.05, 3.63) is 64.7 Å². The minimum atomic E-state index is -0.116. The Morgan fingerprint density at radius 1 is 1.07 bits per heavy atom. The topological polar surface area (TPSA) is 58.6 Å². The Kier molecular flexibility index (Phi) is 6.91. The molecule has 0 radical (unpaired) electrons. The van der Waals surface area contributed by atoms with E-state index in [-0.39, 0.29) is 24.5 Å². The van der Waals surface area contributed by atoms with Crippen molar-refractivity contribution >= 4 is 11.8 Å². The van der Waals surface area contributed by atoms with E-state index in [1.807, 2.05) is 61.2 Å². The van der Waals surface area contributed by atoms with E-state index in [1.54, 1.807) is 0 Å². The Morgan fingerprint density at radius 2 is 1.79 bits per heavy atom. The predicted molar refractivity (Wildman–Crippen MR) is 114 cm³/mol. The quantitative estimate of drug-likeness (QED) is 0.813. The Balaban J connectivity index is 1.46. The van der Waals surface area contributed by atoms with Crippen molar-refractivity contribution in [3.63, 3.8) is 0 Å². The molecule has 1 aliphatic rings. The molecule has 29 heavy (non-hydrogen) atoms. The molecular formula is C24H30N2O3. The number of para-hydroxylation sites is 1. The number of amides is 2. The maximum absolute atomic E-state index is 12.7. The second-order valence-corrected chi connectivity index (χ2v) is 7.68. The van der Waals surface area contributed by atoms with Crippen molar-refractivity contribution in [2.45, 2.75) is 46.1 Å². The Hall–Kier alpha value is -2.82. The summed E-state index contributed by atoms with van der Waals surface area (Å²) in [5, 5.41) is 3.04. The highest BCUT2D eigenvalue weighted by Crippen LogP contribution is 2.19. The number of hydrogen-bond donors (Lipinski definition) is 1. The van der Waals surface area contributed by atoms with Gasteiger partial charge in [-0.15, -0.1) is 0 Å². The van der Waals surface area contributed by atoms with Gasteiger partial charge in [0.25, 0.3) is 11.8 Å². The number of piperidine rings is 1. The molecule has 154 valence electrons. The first kappa shape index (κ1) is 20.9. The first-order chi connectivity index (χ1) is 14.0. The van der Waals surface area contributed by atoms with E-state index >= 15 is 0 Å². The summed E-state index contributed by atoms with van der Waals surface area (Å²) < 4.78 is 5.69. The number of likely N-dealkylation sites (tertiary alicyclic amines) is 1. The molecule has 0 saturated carbocycles. The van der Waals surface area contributed by atoms with Crippen LogP contribution in [0.2, 0.25) is 0 Å². The molecular weight excluding hydrogens is 364 g/mol. The van der Waals surface area contributed by atoms with Crippen LogP contribution in [-0.4, -0.2) is 42.5 Å². The van der Waals surface area contributed by atoms with Crippen LogP contribution in [0, 0.1) is 13.8 Å². The molecule has 3 rings (SSSR count). The van der Waals surface area contributed by atoms with Gasteiger partial charge in [0.1, 0.15) is 5.75 Å². The van der Waals surface area contributed by atoms with E-state index in [1.165, 1.54) is 5.56 Å². The fourth-order valence-electron chi connectivity index (χ4n) is 3.63. The van der Waals surface area contributed by atoms with Crippen LogP contribution >= 0.6 is 0 Å². The molecule has 0 aliphatic carbocycles. The second kappa shape index (κ2) is 9.59. The van der Waals surface area contributed by atoms with Gasteiger partial charge in [-0.2, -0.15) is 0 Å². The summed E-state index contributed by atoms with van der Waals surface area (Å²) >= 11 is 0. The van der Waals surface area contributed by atoms with Crippen molar-refractivity contribution in [2.24, 2.45) is 0 Å². The van der Waals surface area contributed by atoms with Crippen LogP contribution in [0.25, 0.3) is 0 Å². The maximum atomic E-state index is 12.7. The lowest BCUT2D eigenvalue weighted by Gasteiger charge is -2.32. The minimum Gasteiger partial charge on any atom is -0.483 e. The van der Waals surface area contributed by atoms with Gasteiger partial charge in [-0.1, -0.05) is 31.2 Å². The zero-order valence-corrected chi connectivity index (χ0v) is 17.5. The molecule has 0 aromatic heterocycles. The van der Waals surface area contributed by atoms with Crippen LogP contribution in [-0.2, 0) is 11.2 Å². The first-order valence-corrected chi connectivity index (χ1v) is 10.3. The number of nitrogens with zero attached hydrogens (tertiary/aromatic N) is 1. The van der Waals surface area contributed by atoms with Crippen LogP contribution in [0.1, 0.15) is 46.8 Å². The zero-order chi connectivity index (χ0) is 20.8. The third-order valence-corrected chi connectivity index (χ3v) is 5.61. The molecule has 0 spiro atoms. The van der Waals surface area contributed by atoms with Gasteiger partial charge in [0, 0.05) is 24.7 Å². The number of aryl methyl sites for hydroxylation is 3. The van der Waals surface area contributed by atoms with Crippen molar-refractivity contribution in [1.29, 1.82) is 0 Å². The Bertz CT molecular complexity index is 870. The molecule has 1 aliphatic heterocycles. The third kappa shape index (κ3) is 5.37. The van der Waals surface area contributed by atoms with Gasteiger partial charge >= 0.3 is 0 Å². The average molecular weight is 395 g/mol. The zero-order valence-electron chi connectivity index (χ0n) is 17.5. The molecule has 0 unspecified atom stereocenters. The Labute approximate surface area is 173 Å². The molecule has 5 heteroatoms. The normalized spacial score (nSPS) is 14.5. The lowest BCUT2D eigenvalue weighted by Crippen LogP contribution is -2.47. The number of carbonyl (C=O) groups excluding carboxylic acids is 2. The maximum Gasteiger partial charge on any atom is 0.258 e. The highest BCUT2D eigenvalue weighted by Gasteiger charge is 2.25. The van der Waals surface area contributed by atoms with E-state index in [0.29, 0.717) is 13.1 Å². The van der Waals surface area contributed by atoms with Crippen LogP contribution in [0.15, 0.2) is 42.5 Å². The predicted octanol–water partition coefficient (Wildman–Crippen LogP) is 3.67. The van der Waals surface area contributed by atoms with Crippen molar-refractivity contribution in [2.75, 3.05) is 19.7 Å². The summed E-state index contributed by atoms with van der Waals surface area (Å²) in [4.78, 5) is 26.9. The monoisotopic (exact) mass is 394 g/mol. The highest BCUT2D eigenvalue weighted by molar-refractivity contribution is 5.94. The van der Waals surface area contributed by atoms with Crippen LogP contribution in [0.4, 0.5) is 0 Å². The fraction of sp³-hybridized carbons (Fsp3) is 0.417. The molecule has 5 nitrogen and oxygen atoms in total. The summed E-state index contributed by atoms with van der Waals surface area (Å²) in [5.74, 6) is 0.714. The van der Waals surface area contributed by atoms with Gasteiger partial charge < -0.3 is 15.0 Å². The number of hydrogen-bond acceptors (Lipinski definition) is 3. The van der Waals surface area contributed by atoms with Crippen LogP contribution in [0.5, 0.6) is 5.75 Å². The second-order valence-electron chi connectivity index (χ2n) is 7.68. The standard InChI is InChI=1S/C24H30N2O3/c1-4-19-7-5-6-8-22(19)29-16-23(27)25-21-11-13-26(14-12-21)24(28)20-10-9-17(2)18(3)15-20/h5-10,15,21H,4,11-14,16H2,1-3H3,(H,25,27). The fourth-order valence-corrected chi connectivity index (χ4v) is 3.63. The number of carbonyl (C=O) groups is 2. The summed E-state index contributed by atoms with van der Waals surface area (Å²) in [6.07, 6.45) is 2.38. The van der Waals surface area contributed by atoms with Gasteiger partial charge in [-0.3, -0.25) is 9.59 Å². The van der Waals surface area contributed by atoms with Gasteiger partial charge in [0.2, 0.25) is 0 Å². The first-order valence-electron chi connectivity index (χ1n) is 10.3. The SMILES string of the molecule is CCc1ccccc1OCC(=O)NC1CCN(C(=O)c2ccc(C)c(C)c2)CC1. The molecule has 0 bridgehead atoms. The minimum absolute atomic E-state index is 0.0127. The molecule has 1 saturated heterocycles. The lowest BCUT2D eigenvalue weighted by atomic mass is 10.0. The number of nitrogens with one attached hydrogen (secondary N) is 1. The Morgan fingerprint density at radius 3 is 2.48 bits per heavy atom. The number of ether oxygens (including phenoxy) is 1. The van der Waals surface area contributed by atoms with E-state index in [0.717, 1.165) is 41.7 Å². The molecule has 2 aromatic rings. The largest absolute Gasteiger partial charge is 0.483 e. The van der Waals surface area contributed by atoms with Gasteiger partial charge in [0.15, 0.2) is 6.61 Å². The molecule has 1 heterocycles. The number of benzene rings is 2. The van der Waals surface area contributed by atoms with E-state index in [4.69, 9.17) is 4.74 Å². The van der Waals surface area contributed by atoms with Gasteiger partial charge in [-0.05, 0) is 68.0 Å². The van der Waals surface area contributed by atoms with E-state index in [2.05, 4.69) is 12.2 Å². The summed E-state index contributed by atoms with van der Waals surface area (Å²) in [6, 6.07) is 13.7. The van der Waals surface area contributed by atoms with E-state index < -0.39 is 0 Å². The molecule has 1 fully saturated rings. The summed E-state index contributed by atoms with van der Waals surface area (Å²) in [6.45, 7) is 7.44. The molecule has 2 amide bonds. The van der Waals surface area contributed by atoms with E-state index in [9.17, 15) is 9.59 Å². The van der Waals surface area contributed by atoms with Crippen LogP contribution in [0.3, 0.4) is 0 Å². The molecule has 1 N–H and O–H groups in total. The van der Waals surface area contributed by atoms with Gasteiger partial charge in [-0.25, -0.2) is 0 Å². The number of rotatable bonds is 6. The third-order valence-electron chi connectivity index (χ3n) is 5.61. The summed E-state index contributed by atoms with van der Waals surface area (Å²) in [5.41, 5.74) is 4.14.